The van der Waals surface area contributed by atoms with Gasteiger partial charge in [-0.25, -0.2) is 9.98 Å². The largest absolute Gasteiger partial charge is 0.508 e. The van der Waals surface area contributed by atoms with Gasteiger partial charge in [-0.2, -0.15) is 0 Å². The van der Waals surface area contributed by atoms with Crippen molar-refractivity contribution >= 4 is 17.9 Å². The van der Waals surface area contributed by atoms with Gasteiger partial charge in [-0.05, 0) is 69.4 Å². The summed E-state index contributed by atoms with van der Waals surface area (Å²) in [4.78, 5) is 11.4. The Kier molecular flexibility index (Phi) is 13.1. The van der Waals surface area contributed by atoms with Gasteiger partial charge < -0.3 is 14.4 Å². The molecular formula is C35H44N4O2. The normalized spacial score (nSPS) is 15.9. The van der Waals surface area contributed by atoms with Crippen LogP contribution >= 0.6 is 0 Å². The van der Waals surface area contributed by atoms with E-state index < -0.39 is 0 Å². The molecule has 0 spiro atoms. The number of hydrogen-bond acceptors (Lipinski definition) is 4. The fourth-order valence-electron chi connectivity index (χ4n) is 4.02. The average molecular weight is 553 g/mol. The molecule has 1 N–H and O–H groups in total. The first-order valence-electron chi connectivity index (χ1n) is 13.8. The maximum Gasteiger partial charge on any atom is 0.216 e. The maximum absolute atomic E-state index is 10.9. The second-order valence-corrected chi connectivity index (χ2v) is 9.72. The van der Waals surface area contributed by atoms with Crippen LogP contribution in [0.3, 0.4) is 0 Å². The third-order valence-corrected chi connectivity index (χ3v) is 6.19. The number of imidazole rings is 1. The number of hydrogen-bond donors (Lipinski definition) is 1. The average Bonchev–Trinajstić information content (AvgIpc) is 3.41. The van der Waals surface area contributed by atoms with Gasteiger partial charge in [-0.15, -0.1) is 0 Å². The summed E-state index contributed by atoms with van der Waals surface area (Å²) in [5, 5.41) is 10.9. The van der Waals surface area contributed by atoms with Crippen molar-refractivity contribution in [2.45, 2.75) is 53.5 Å². The number of rotatable bonds is 15. The lowest BCUT2D eigenvalue weighted by Crippen LogP contribution is -2.26. The van der Waals surface area contributed by atoms with Gasteiger partial charge in [0.15, 0.2) is 0 Å². The standard InChI is InChI=1S/C35H44N4O2/c1-10-13-22-36-34(12-3)39-31(24-32(40)23-28(7)19-14-16-20-29(8)41-26(4)5)25-38-30(9)33(37-35(38)39)21-17-15-18-27(6)11-2/h10,12-14,16-17,19-24,28,40H,1,3-4,6,8,11,15,18,25H2,2,5,7,9H3/b19-14-,20-16-,21-17-,22-13-,31-24+,32-23-,36-34+. The van der Waals surface area contributed by atoms with Crippen molar-refractivity contribution in [2.24, 2.45) is 10.9 Å². The lowest BCUT2D eigenvalue weighted by atomic mass is 10.1. The molecule has 1 aliphatic heterocycles. The fourth-order valence-corrected chi connectivity index (χ4v) is 4.02. The lowest BCUT2D eigenvalue weighted by molar-refractivity contribution is 0.326. The summed E-state index contributed by atoms with van der Waals surface area (Å²) in [6, 6.07) is 0. The number of anilines is 1. The van der Waals surface area contributed by atoms with Crippen LogP contribution in [0.5, 0.6) is 0 Å². The van der Waals surface area contributed by atoms with E-state index in [4.69, 9.17) is 9.72 Å². The van der Waals surface area contributed by atoms with Gasteiger partial charge in [0.1, 0.15) is 17.4 Å². The van der Waals surface area contributed by atoms with E-state index >= 15 is 0 Å². The molecule has 6 heteroatoms. The lowest BCUT2D eigenvalue weighted by Gasteiger charge is -2.18. The molecule has 0 saturated carbocycles. The predicted octanol–water partition coefficient (Wildman–Crippen LogP) is 9.19. The Labute approximate surface area is 246 Å². The van der Waals surface area contributed by atoms with Crippen molar-refractivity contribution in [3.63, 3.8) is 0 Å². The molecule has 1 atom stereocenters. The zero-order valence-electron chi connectivity index (χ0n) is 25.0. The molecule has 216 valence electrons. The summed E-state index contributed by atoms with van der Waals surface area (Å²) in [6.45, 7) is 27.7. The summed E-state index contributed by atoms with van der Waals surface area (Å²) in [5.74, 6) is 2.53. The van der Waals surface area contributed by atoms with E-state index in [2.05, 4.69) is 68.5 Å². The molecule has 41 heavy (non-hydrogen) atoms. The molecule has 0 aromatic carbocycles. The van der Waals surface area contributed by atoms with Crippen molar-refractivity contribution in [1.29, 1.82) is 0 Å². The maximum atomic E-state index is 10.9. The molecule has 1 aromatic rings. The van der Waals surface area contributed by atoms with E-state index in [9.17, 15) is 5.11 Å². The minimum absolute atomic E-state index is 0.0240. The summed E-state index contributed by atoms with van der Waals surface area (Å²) in [5.41, 5.74) is 4.01. The summed E-state index contributed by atoms with van der Waals surface area (Å²) < 4.78 is 7.44. The van der Waals surface area contributed by atoms with Crippen LogP contribution < -0.4 is 4.90 Å². The molecule has 0 radical (unpaired) electrons. The molecule has 1 unspecified atom stereocenters. The number of allylic oxidation sites excluding steroid dienone is 12. The number of aliphatic hydroxyl groups is 1. The van der Waals surface area contributed by atoms with Gasteiger partial charge in [-0.1, -0.05) is 82.7 Å². The number of aliphatic imine (C=N–C) groups is 1. The Balaban J connectivity index is 2.34. The zero-order chi connectivity index (χ0) is 30.4. The van der Waals surface area contributed by atoms with Crippen LogP contribution in [0.4, 0.5) is 5.95 Å². The fraction of sp³-hybridized carbons (Fsp3) is 0.257. The molecule has 2 rings (SSSR count). The second-order valence-electron chi connectivity index (χ2n) is 9.72. The van der Waals surface area contributed by atoms with Crippen LogP contribution in [0.15, 0.2) is 133 Å². The van der Waals surface area contributed by atoms with Crippen LogP contribution in [-0.2, 0) is 11.3 Å². The monoisotopic (exact) mass is 552 g/mol. The molecule has 0 fully saturated rings. The highest BCUT2D eigenvalue weighted by Crippen LogP contribution is 2.33. The second kappa shape index (κ2) is 16.5. The smallest absolute Gasteiger partial charge is 0.216 e. The van der Waals surface area contributed by atoms with Crippen molar-refractivity contribution in [3.05, 3.63) is 140 Å². The molecule has 0 aliphatic carbocycles. The molecule has 6 nitrogen and oxygen atoms in total. The van der Waals surface area contributed by atoms with Crippen molar-refractivity contribution in [2.75, 3.05) is 4.90 Å². The van der Waals surface area contributed by atoms with Crippen molar-refractivity contribution in [3.8, 4) is 0 Å². The summed E-state index contributed by atoms with van der Waals surface area (Å²) >= 11 is 0. The first kappa shape index (κ1) is 32.6. The van der Waals surface area contributed by atoms with E-state index in [0.29, 0.717) is 23.9 Å². The van der Waals surface area contributed by atoms with Gasteiger partial charge in [0.25, 0.3) is 0 Å². The highest BCUT2D eigenvalue weighted by Gasteiger charge is 2.31. The number of nitrogens with zero attached hydrogens (tertiary/aromatic N) is 4. The van der Waals surface area contributed by atoms with Crippen LogP contribution in [0, 0.1) is 12.8 Å². The van der Waals surface area contributed by atoms with Crippen LogP contribution in [0.25, 0.3) is 6.08 Å². The van der Waals surface area contributed by atoms with Crippen molar-refractivity contribution in [1.82, 2.24) is 9.55 Å². The third-order valence-electron chi connectivity index (χ3n) is 6.19. The highest BCUT2D eigenvalue weighted by molar-refractivity contribution is 6.07. The zero-order valence-corrected chi connectivity index (χ0v) is 25.0. The molecule has 0 amide bonds. The Hall–Kier alpha value is -4.58. The van der Waals surface area contributed by atoms with Gasteiger partial charge in [-0.3, -0.25) is 4.90 Å². The molecule has 2 heterocycles. The van der Waals surface area contributed by atoms with Gasteiger partial charge in [0.05, 0.1) is 23.7 Å². The topological polar surface area (TPSA) is 62.9 Å². The summed E-state index contributed by atoms with van der Waals surface area (Å²) in [6.07, 6.45) is 24.8. The number of aromatic nitrogens is 2. The minimum Gasteiger partial charge on any atom is -0.508 e. The molecule has 1 aromatic heterocycles. The van der Waals surface area contributed by atoms with E-state index in [1.807, 2.05) is 30.1 Å². The third kappa shape index (κ3) is 10.2. The van der Waals surface area contributed by atoms with E-state index in [-0.39, 0.29) is 11.7 Å². The van der Waals surface area contributed by atoms with Gasteiger partial charge >= 0.3 is 0 Å². The van der Waals surface area contributed by atoms with Crippen LogP contribution in [-0.4, -0.2) is 20.5 Å². The molecule has 0 saturated heterocycles. The van der Waals surface area contributed by atoms with Gasteiger partial charge in [0.2, 0.25) is 5.95 Å². The van der Waals surface area contributed by atoms with E-state index in [1.54, 1.807) is 49.6 Å². The van der Waals surface area contributed by atoms with E-state index in [0.717, 1.165) is 42.3 Å². The first-order valence-corrected chi connectivity index (χ1v) is 13.8. The molecule has 1 aliphatic rings. The molecular weight excluding hydrogens is 508 g/mol. The number of fused-ring (bicyclic) bond motifs is 1. The first-order chi connectivity index (χ1) is 19.6. The van der Waals surface area contributed by atoms with Crippen LogP contribution in [0.2, 0.25) is 0 Å². The summed E-state index contributed by atoms with van der Waals surface area (Å²) in [7, 11) is 0. The van der Waals surface area contributed by atoms with E-state index in [1.165, 1.54) is 5.57 Å². The Morgan fingerprint density at radius 2 is 1.95 bits per heavy atom. The Morgan fingerprint density at radius 3 is 2.61 bits per heavy atom. The number of amidine groups is 1. The Morgan fingerprint density at radius 1 is 1.20 bits per heavy atom. The number of ether oxygens (including phenoxy) is 1. The Bertz CT molecular complexity index is 1360. The number of aliphatic hydroxyl groups excluding tert-OH is 1. The molecule has 0 bridgehead atoms. The highest BCUT2D eigenvalue weighted by atomic mass is 16.5. The minimum atomic E-state index is -0.0240. The van der Waals surface area contributed by atoms with Crippen LogP contribution in [0.1, 0.15) is 51.4 Å². The quantitative estimate of drug-likeness (QED) is 0.0774. The van der Waals surface area contributed by atoms with Crippen molar-refractivity contribution < 1.29 is 9.84 Å². The van der Waals surface area contributed by atoms with Gasteiger partial charge in [0, 0.05) is 18.0 Å². The SMILES string of the molecule is C=C/C=C\N=C(/C=C)N1/C(=C/C(O)=C/C(C)/C=C\C=C/C(=C)OC(=C)C)Cn2c1nc(/C=C\CCC(=C)CC)c2C. The predicted molar refractivity (Wildman–Crippen MR) is 175 cm³/mol.